The highest BCUT2D eigenvalue weighted by atomic mass is 16.7. The minimum Gasteiger partial charge on any atom is -0.472 e. The topological polar surface area (TPSA) is 130 Å². The molecule has 1 N–H and O–H groups in total. The Morgan fingerprint density at radius 1 is 1.12 bits per heavy atom. The van der Waals surface area contributed by atoms with E-state index < -0.39 is 52.7 Å². The standard InChI is InChI=1S/C30H44O10/c1-7-16(2)26(34)40-25-22(33)12-23-28(6,13-21-11-20-8-9-35-27(20)39-21)17(3)10-24(38-19(5)32)29(23,14-36-18(4)31)30(25)15-37-30/h8-9,16-17,20-25,27,33H,7,10-15H2,1-6H3. The lowest BCUT2D eigenvalue weighted by molar-refractivity contribution is -0.270. The highest BCUT2D eigenvalue weighted by Crippen LogP contribution is 2.70. The van der Waals surface area contributed by atoms with Gasteiger partial charge in [0.15, 0.2) is 6.10 Å². The number of hydrogen-bond donors (Lipinski definition) is 1. The Labute approximate surface area is 236 Å². The van der Waals surface area contributed by atoms with Gasteiger partial charge >= 0.3 is 17.9 Å². The van der Waals surface area contributed by atoms with E-state index in [1.807, 2.05) is 13.0 Å². The minimum atomic E-state index is -1.17. The van der Waals surface area contributed by atoms with Crippen molar-refractivity contribution in [2.45, 2.75) is 110 Å². The van der Waals surface area contributed by atoms with Crippen molar-refractivity contribution >= 4 is 17.9 Å². The molecular formula is C30H44O10. The SMILES string of the molecule is CCC(C)C(=O)OC1C(O)CC2C(C)(CC3CC4C=COC4O3)C(C)CC(OC(C)=O)C2(COC(C)=O)C12CO2. The lowest BCUT2D eigenvalue weighted by Gasteiger charge is -2.64. The average Bonchev–Trinajstić information content (AvgIpc) is 3.41. The smallest absolute Gasteiger partial charge is 0.309 e. The lowest BCUT2D eigenvalue weighted by Crippen LogP contribution is -2.73. The first-order valence-electron chi connectivity index (χ1n) is 14.7. The van der Waals surface area contributed by atoms with E-state index in [-0.39, 0.29) is 55.7 Å². The molecule has 0 radical (unpaired) electrons. The first-order valence-corrected chi connectivity index (χ1v) is 14.7. The summed E-state index contributed by atoms with van der Waals surface area (Å²) in [6.45, 7) is 10.8. The Morgan fingerprint density at radius 3 is 2.45 bits per heavy atom. The third-order valence-electron chi connectivity index (χ3n) is 10.7. The van der Waals surface area contributed by atoms with Crippen LogP contribution < -0.4 is 0 Å². The van der Waals surface area contributed by atoms with Gasteiger partial charge in [-0.15, -0.1) is 0 Å². The van der Waals surface area contributed by atoms with Crippen molar-refractivity contribution in [1.82, 2.24) is 0 Å². The molecular weight excluding hydrogens is 520 g/mol. The number of carbonyl (C=O) groups excluding carboxylic acids is 3. The van der Waals surface area contributed by atoms with Crippen LogP contribution in [0.3, 0.4) is 0 Å². The molecule has 1 spiro atoms. The molecule has 10 nitrogen and oxygen atoms in total. The van der Waals surface area contributed by atoms with Crippen LogP contribution in [0.15, 0.2) is 12.3 Å². The quantitative estimate of drug-likeness (QED) is 0.266. The van der Waals surface area contributed by atoms with E-state index in [0.717, 1.165) is 6.42 Å². The monoisotopic (exact) mass is 564 g/mol. The molecule has 4 fully saturated rings. The molecule has 5 rings (SSSR count). The Kier molecular flexibility index (Phi) is 7.76. The van der Waals surface area contributed by atoms with E-state index in [9.17, 15) is 19.5 Å². The number of ether oxygens (including phenoxy) is 6. The highest BCUT2D eigenvalue weighted by Gasteiger charge is 2.80. The second kappa shape index (κ2) is 10.6. The maximum atomic E-state index is 13.0. The van der Waals surface area contributed by atoms with Crippen LogP contribution >= 0.6 is 0 Å². The molecule has 0 aromatic carbocycles. The number of aliphatic hydroxyl groups is 1. The second-order valence-corrected chi connectivity index (χ2v) is 13.0. The highest BCUT2D eigenvalue weighted by molar-refractivity contribution is 5.72. The molecule has 2 aliphatic carbocycles. The fourth-order valence-electron chi connectivity index (χ4n) is 8.18. The summed E-state index contributed by atoms with van der Waals surface area (Å²) in [5.74, 6) is -1.74. The molecule has 0 amide bonds. The van der Waals surface area contributed by atoms with Gasteiger partial charge in [-0.1, -0.05) is 27.7 Å². The molecule has 2 saturated carbocycles. The molecule has 12 atom stereocenters. The van der Waals surface area contributed by atoms with Gasteiger partial charge in [-0.2, -0.15) is 0 Å². The zero-order chi connectivity index (χ0) is 29.0. The van der Waals surface area contributed by atoms with Crippen molar-refractivity contribution in [3.8, 4) is 0 Å². The molecule has 3 heterocycles. The third-order valence-corrected chi connectivity index (χ3v) is 10.7. The molecule has 0 aromatic heterocycles. The summed E-state index contributed by atoms with van der Waals surface area (Å²) in [6, 6.07) is 0. The molecule has 2 saturated heterocycles. The van der Waals surface area contributed by atoms with Gasteiger partial charge < -0.3 is 33.5 Å². The number of carbonyl (C=O) groups is 3. The first kappa shape index (κ1) is 29.3. The fraction of sp³-hybridized carbons (Fsp3) is 0.833. The van der Waals surface area contributed by atoms with Gasteiger partial charge in [-0.05, 0) is 55.4 Å². The summed E-state index contributed by atoms with van der Waals surface area (Å²) < 4.78 is 35.9. The number of hydrogen-bond acceptors (Lipinski definition) is 10. The number of fused-ring (bicyclic) bond motifs is 3. The third kappa shape index (κ3) is 4.64. The Bertz CT molecular complexity index is 1040. The van der Waals surface area contributed by atoms with Crippen LogP contribution in [0.4, 0.5) is 0 Å². The maximum absolute atomic E-state index is 13.0. The van der Waals surface area contributed by atoms with Crippen LogP contribution in [0.2, 0.25) is 0 Å². The fourth-order valence-corrected chi connectivity index (χ4v) is 8.18. The van der Waals surface area contributed by atoms with Gasteiger partial charge in [-0.25, -0.2) is 0 Å². The van der Waals surface area contributed by atoms with Crippen molar-refractivity contribution in [3.05, 3.63) is 12.3 Å². The molecule has 0 bridgehead atoms. The molecule has 5 aliphatic rings. The van der Waals surface area contributed by atoms with Crippen LogP contribution in [0, 0.1) is 34.5 Å². The predicted octanol–water partition coefficient (Wildman–Crippen LogP) is 3.29. The van der Waals surface area contributed by atoms with Crippen molar-refractivity contribution in [2.75, 3.05) is 13.2 Å². The summed E-state index contributed by atoms with van der Waals surface area (Å²) in [7, 11) is 0. The van der Waals surface area contributed by atoms with Crippen LogP contribution in [0.25, 0.3) is 0 Å². The summed E-state index contributed by atoms with van der Waals surface area (Å²) in [4.78, 5) is 37.7. The summed E-state index contributed by atoms with van der Waals surface area (Å²) in [5, 5.41) is 11.6. The van der Waals surface area contributed by atoms with Gasteiger partial charge in [0.1, 0.15) is 18.3 Å². The van der Waals surface area contributed by atoms with Crippen molar-refractivity contribution in [2.24, 2.45) is 34.5 Å². The second-order valence-electron chi connectivity index (χ2n) is 13.0. The van der Waals surface area contributed by atoms with Crippen molar-refractivity contribution in [1.29, 1.82) is 0 Å². The average molecular weight is 565 g/mol. The van der Waals surface area contributed by atoms with Gasteiger partial charge in [0.25, 0.3) is 0 Å². The minimum absolute atomic E-state index is 0.0648. The Balaban J connectivity index is 1.57. The number of esters is 3. The van der Waals surface area contributed by atoms with E-state index >= 15 is 0 Å². The van der Waals surface area contributed by atoms with Crippen LogP contribution in [0.5, 0.6) is 0 Å². The summed E-state index contributed by atoms with van der Waals surface area (Å²) in [5.41, 5.74) is -2.64. The van der Waals surface area contributed by atoms with Crippen LogP contribution in [-0.4, -0.2) is 72.5 Å². The van der Waals surface area contributed by atoms with Crippen molar-refractivity contribution < 1.29 is 47.9 Å². The van der Waals surface area contributed by atoms with Gasteiger partial charge in [0, 0.05) is 19.8 Å². The Hall–Kier alpha value is -2.17. The number of rotatable bonds is 8. The van der Waals surface area contributed by atoms with Gasteiger partial charge in [-0.3, -0.25) is 14.4 Å². The lowest BCUT2D eigenvalue weighted by atomic mass is 9.42. The molecule has 224 valence electrons. The van der Waals surface area contributed by atoms with Crippen LogP contribution in [0.1, 0.15) is 73.6 Å². The molecule has 3 aliphatic heterocycles. The molecule has 0 aromatic rings. The van der Waals surface area contributed by atoms with E-state index in [1.165, 1.54) is 13.8 Å². The maximum Gasteiger partial charge on any atom is 0.309 e. The van der Waals surface area contributed by atoms with E-state index in [1.54, 1.807) is 13.2 Å². The van der Waals surface area contributed by atoms with Gasteiger partial charge in [0.05, 0.1) is 36.4 Å². The number of epoxide rings is 1. The van der Waals surface area contributed by atoms with Crippen molar-refractivity contribution in [3.63, 3.8) is 0 Å². The normalized spacial score (nSPS) is 45.7. The zero-order valence-electron chi connectivity index (χ0n) is 24.4. The summed E-state index contributed by atoms with van der Waals surface area (Å²) in [6.07, 6.45) is 3.54. The molecule has 12 unspecified atom stereocenters. The Morgan fingerprint density at radius 2 is 1.85 bits per heavy atom. The number of aliphatic hydroxyl groups excluding tert-OH is 1. The van der Waals surface area contributed by atoms with Gasteiger partial charge in [0.2, 0.25) is 6.29 Å². The predicted molar refractivity (Wildman–Crippen MR) is 140 cm³/mol. The molecule has 10 heteroatoms. The largest absolute Gasteiger partial charge is 0.472 e. The van der Waals surface area contributed by atoms with E-state index in [2.05, 4.69) is 13.8 Å². The summed E-state index contributed by atoms with van der Waals surface area (Å²) >= 11 is 0. The first-order chi connectivity index (χ1) is 18.9. The molecule has 40 heavy (non-hydrogen) atoms. The van der Waals surface area contributed by atoms with E-state index in [4.69, 9.17) is 28.4 Å². The zero-order valence-corrected chi connectivity index (χ0v) is 24.4. The van der Waals surface area contributed by atoms with E-state index in [0.29, 0.717) is 19.3 Å². The van der Waals surface area contributed by atoms with Crippen LogP contribution in [-0.2, 0) is 42.8 Å².